The number of fused-ring (bicyclic) bond motifs is 1. The van der Waals surface area contributed by atoms with Crippen molar-refractivity contribution >= 4 is 49.7 Å². The summed E-state index contributed by atoms with van der Waals surface area (Å²) in [6, 6.07) is 7.44. The zero-order valence-electron chi connectivity index (χ0n) is 10.0. The minimum atomic E-state index is -0.170. The van der Waals surface area contributed by atoms with Crippen LogP contribution in [0.1, 0.15) is 15.5 Å². The Balaban J connectivity index is 1.89. The van der Waals surface area contributed by atoms with Gasteiger partial charge in [0.2, 0.25) is 5.13 Å². The number of carbonyl (C=O) groups is 1. The van der Waals surface area contributed by atoms with Crippen molar-refractivity contribution in [2.45, 2.75) is 6.92 Å². The number of anilines is 2. The first-order chi connectivity index (χ1) is 9.11. The van der Waals surface area contributed by atoms with E-state index < -0.39 is 0 Å². The van der Waals surface area contributed by atoms with Crippen LogP contribution in [0.25, 0.3) is 10.1 Å². The van der Waals surface area contributed by atoms with Crippen molar-refractivity contribution in [2.24, 2.45) is 0 Å². The summed E-state index contributed by atoms with van der Waals surface area (Å²) in [6.45, 7) is 1.79. The first-order valence-corrected chi connectivity index (χ1v) is 7.11. The highest BCUT2D eigenvalue weighted by Gasteiger charge is 2.12. The maximum atomic E-state index is 12.1. The van der Waals surface area contributed by atoms with E-state index in [2.05, 4.69) is 14.7 Å². The maximum Gasteiger partial charge on any atom is 0.267 e. The molecule has 0 atom stereocenters. The van der Waals surface area contributed by atoms with Crippen LogP contribution in [0.2, 0.25) is 0 Å². The second kappa shape index (κ2) is 4.60. The molecule has 96 valence electrons. The van der Waals surface area contributed by atoms with Crippen molar-refractivity contribution in [3.63, 3.8) is 0 Å². The molecule has 3 N–H and O–H groups in total. The van der Waals surface area contributed by atoms with Gasteiger partial charge in [0.1, 0.15) is 5.82 Å². The largest absolute Gasteiger partial charge is 0.399 e. The van der Waals surface area contributed by atoms with Gasteiger partial charge < -0.3 is 5.73 Å². The number of nitrogens with one attached hydrogen (secondary N) is 1. The van der Waals surface area contributed by atoms with Gasteiger partial charge in [0.25, 0.3) is 5.91 Å². The second-order valence-corrected chi connectivity index (χ2v) is 5.84. The van der Waals surface area contributed by atoms with E-state index in [-0.39, 0.29) is 5.91 Å². The lowest BCUT2D eigenvalue weighted by molar-refractivity contribution is 0.103. The van der Waals surface area contributed by atoms with Crippen molar-refractivity contribution in [1.29, 1.82) is 0 Å². The van der Waals surface area contributed by atoms with Crippen molar-refractivity contribution in [2.75, 3.05) is 11.1 Å². The smallest absolute Gasteiger partial charge is 0.267 e. The Morgan fingerprint density at radius 1 is 1.37 bits per heavy atom. The summed E-state index contributed by atoms with van der Waals surface area (Å²) in [5.41, 5.74) is 6.41. The van der Waals surface area contributed by atoms with Crippen LogP contribution in [0, 0.1) is 6.92 Å². The SMILES string of the molecule is Cc1nsc(NC(=O)c2cc3cc(N)ccc3s2)n1. The average molecular weight is 290 g/mol. The lowest BCUT2D eigenvalue weighted by Crippen LogP contribution is -2.09. The van der Waals surface area contributed by atoms with Crippen LogP contribution >= 0.6 is 22.9 Å². The second-order valence-electron chi connectivity index (χ2n) is 4.01. The molecule has 2 aromatic heterocycles. The number of rotatable bonds is 2. The van der Waals surface area contributed by atoms with E-state index in [9.17, 15) is 4.79 Å². The van der Waals surface area contributed by atoms with Gasteiger partial charge in [0.15, 0.2) is 0 Å². The van der Waals surface area contributed by atoms with Crippen LogP contribution < -0.4 is 11.1 Å². The number of hydrogen-bond donors (Lipinski definition) is 2. The van der Waals surface area contributed by atoms with Crippen molar-refractivity contribution in [1.82, 2.24) is 9.36 Å². The van der Waals surface area contributed by atoms with Crippen LogP contribution in [0.3, 0.4) is 0 Å². The van der Waals surface area contributed by atoms with Crippen LogP contribution in [-0.2, 0) is 0 Å². The number of aromatic nitrogens is 2. The third-order valence-electron chi connectivity index (χ3n) is 2.51. The topological polar surface area (TPSA) is 80.9 Å². The summed E-state index contributed by atoms with van der Waals surface area (Å²) < 4.78 is 5.06. The van der Waals surface area contributed by atoms with Crippen LogP contribution in [0.4, 0.5) is 10.8 Å². The number of aryl methyl sites for hydroxylation is 1. The molecule has 0 radical (unpaired) electrons. The number of hydrogen-bond acceptors (Lipinski definition) is 6. The van der Waals surface area contributed by atoms with E-state index >= 15 is 0 Å². The van der Waals surface area contributed by atoms with Gasteiger partial charge >= 0.3 is 0 Å². The van der Waals surface area contributed by atoms with Crippen LogP contribution in [0.5, 0.6) is 0 Å². The first kappa shape index (κ1) is 12.1. The predicted octanol–water partition coefficient (Wildman–Crippen LogP) is 2.90. The Labute approximate surface area is 117 Å². The number of nitrogens with two attached hydrogens (primary N) is 1. The zero-order chi connectivity index (χ0) is 13.4. The van der Waals surface area contributed by atoms with E-state index in [1.807, 2.05) is 24.3 Å². The van der Waals surface area contributed by atoms with Gasteiger partial charge in [-0.05, 0) is 36.6 Å². The maximum absolute atomic E-state index is 12.1. The van der Waals surface area contributed by atoms with Crippen LogP contribution in [-0.4, -0.2) is 15.3 Å². The van der Waals surface area contributed by atoms with Crippen LogP contribution in [0.15, 0.2) is 24.3 Å². The predicted molar refractivity (Wildman–Crippen MR) is 78.8 cm³/mol. The van der Waals surface area contributed by atoms with E-state index in [1.165, 1.54) is 22.9 Å². The molecule has 3 aromatic rings. The lowest BCUT2D eigenvalue weighted by Gasteiger charge is -1.96. The quantitative estimate of drug-likeness (QED) is 0.711. The van der Waals surface area contributed by atoms with Crippen molar-refractivity contribution in [3.8, 4) is 0 Å². The third kappa shape index (κ3) is 2.42. The number of amides is 1. The fourth-order valence-corrected chi connectivity index (χ4v) is 3.19. The molecular weight excluding hydrogens is 280 g/mol. The Morgan fingerprint density at radius 3 is 2.95 bits per heavy atom. The minimum Gasteiger partial charge on any atom is -0.399 e. The molecule has 0 aliphatic rings. The first-order valence-electron chi connectivity index (χ1n) is 5.52. The molecule has 0 aliphatic carbocycles. The Morgan fingerprint density at radius 2 is 2.21 bits per heavy atom. The molecule has 5 nitrogen and oxygen atoms in total. The summed E-state index contributed by atoms with van der Waals surface area (Å²) in [7, 11) is 0. The van der Waals surface area contributed by atoms with E-state index in [1.54, 1.807) is 6.92 Å². The van der Waals surface area contributed by atoms with Gasteiger partial charge in [-0.3, -0.25) is 10.1 Å². The summed E-state index contributed by atoms with van der Waals surface area (Å²) in [6.07, 6.45) is 0. The Hall–Kier alpha value is -1.99. The number of benzene rings is 1. The van der Waals surface area contributed by atoms with Gasteiger partial charge in [-0.2, -0.15) is 4.37 Å². The van der Waals surface area contributed by atoms with Gasteiger partial charge in [0.05, 0.1) is 4.88 Å². The fourth-order valence-electron chi connectivity index (χ4n) is 1.68. The highest BCUT2D eigenvalue weighted by molar-refractivity contribution is 7.21. The van der Waals surface area contributed by atoms with Gasteiger partial charge in [-0.25, -0.2) is 4.98 Å². The number of nitrogens with zero attached hydrogens (tertiary/aromatic N) is 2. The van der Waals surface area contributed by atoms with Gasteiger partial charge in [-0.1, -0.05) is 0 Å². The lowest BCUT2D eigenvalue weighted by atomic mass is 10.2. The molecule has 0 spiro atoms. The number of carbonyl (C=O) groups excluding carboxylic acids is 1. The highest BCUT2D eigenvalue weighted by atomic mass is 32.1. The van der Waals surface area contributed by atoms with E-state index in [0.29, 0.717) is 21.5 Å². The monoisotopic (exact) mass is 290 g/mol. The molecule has 2 heterocycles. The molecule has 0 saturated heterocycles. The molecule has 0 bridgehead atoms. The molecule has 19 heavy (non-hydrogen) atoms. The molecule has 7 heteroatoms. The van der Waals surface area contributed by atoms with E-state index in [0.717, 1.165) is 10.1 Å². The normalized spacial score (nSPS) is 10.8. The number of thiophene rings is 1. The summed E-state index contributed by atoms with van der Waals surface area (Å²) >= 11 is 2.60. The molecule has 0 saturated carbocycles. The average Bonchev–Trinajstić information content (AvgIpc) is 2.95. The highest BCUT2D eigenvalue weighted by Crippen LogP contribution is 2.28. The van der Waals surface area contributed by atoms with Gasteiger partial charge in [0, 0.05) is 21.9 Å². The summed E-state index contributed by atoms with van der Waals surface area (Å²) in [5.74, 6) is 0.486. The third-order valence-corrected chi connectivity index (χ3v) is 4.35. The molecule has 0 unspecified atom stereocenters. The van der Waals surface area contributed by atoms with Crippen molar-refractivity contribution < 1.29 is 4.79 Å². The molecular formula is C12H10N4OS2. The van der Waals surface area contributed by atoms with Gasteiger partial charge in [-0.15, -0.1) is 11.3 Å². The number of nitrogen functional groups attached to an aromatic ring is 1. The minimum absolute atomic E-state index is 0.170. The Kier molecular flexibility index (Phi) is 2.92. The molecule has 1 amide bonds. The molecule has 0 fully saturated rings. The zero-order valence-corrected chi connectivity index (χ0v) is 11.6. The van der Waals surface area contributed by atoms with Crippen molar-refractivity contribution in [3.05, 3.63) is 35.0 Å². The standard InChI is InChI=1S/C12H10N4OS2/c1-6-14-12(19-16-6)15-11(17)10-5-7-4-8(13)2-3-9(7)18-10/h2-5H,13H2,1H3,(H,14,15,16,17). The molecule has 0 aliphatic heterocycles. The summed E-state index contributed by atoms with van der Waals surface area (Å²) in [4.78, 5) is 16.8. The van der Waals surface area contributed by atoms with E-state index in [4.69, 9.17) is 5.73 Å². The molecule has 1 aromatic carbocycles. The summed E-state index contributed by atoms with van der Waals surface area (Å²) in [5, 5.41) is 4.23. The molecule has 3 rings (SSSR count). The fraction of sp³-hybridized carbons (Fsp3) is 0.0833. The Bertz CT molecular complexity index is 762.